The van der Waals surface area contributed by atoms with Gasteiger partial charge in [0, 0.05) is 50.6 Å². The number of anilines is 1. The molecule has 2 aliphatic rings. The van der Waals surface area contributed by atoms with E-state index in [1.165, 1.54) is 0 Å². The van der Waals surface area contributed by atoms with Crippen LogP contribution in [-0.4, -0.2) is 51.2 Å². The van der Waals surface area contributed by atoms with Crippen LogP contribution in [0.5, 0.6) is 0 Å². The number of pyridine rings is 2. The van der Waals surface area contributed by atoms with Crippen molar-refractivity contribution in [2.75, 3.05) is 24.5 Å². The number of aromatic nitrogens is 3. The molecule has 150 valence electrons. The van der Waals surface area contributed by atoms with Crippen LogP contribution in [-0.2, 0) is 13.0 Å². The molecule has 6 nitrogen and oxygen atoms in total. The maximum Gasteiger partial charge on any atom is 0.258 e. The van der Waals surface area contributed by atoms with E-state index >= 15 is 0 Å². The molecule has 1 unspecified atom stereocenters. The lowest BCUT2D eigenvalue weighted by Gasteiger charge is -2.21. The quantitative estimate of drug-likeness (QED) is 0.664. The van der Waals surface area contributed by atoms with Gasteiger partial charge in [-0.05, 0) is 24.6 Å². The summed E-state index contributed by atoms with van der Waals surface area (Å²) in [5.74, 6) is -0.714. The van der Waals surface area contributed by atoms with Crippen LogP contribution in [0.3, 0.4) is 0 Å². The van der Waals surface area contributed by atoms with E-state index in [4.69, 9.17) is 0 Å². The molecule has 5 heterocycles. The van der Waals surface area contributed by atoms with Gasteiger partial charge in [0.25, 0.3) is 5.91 Å². The second-order valence-electron chi connectivity index (χ2n) is 7.66. The average Bonchev–Trinajstić information content (AvgIpc) is 3.43. The lowest BCUT2D eigenvalue weighted by molar-refractivity contribution is 0.0780. The Bertz CT molecular complexity index is 1030. The number of alkyl halides is 2. The molecule has 1 atom stereocenters. The third kappa shape index (κ3) is 3.22. The zero-order chi connectivity index (χ0) is 20.0. The lowest BCUT2D eigenvalue weighted by Crippen LogP contribution is -2.28. The van der Waals surface area contributed by atoms with Crippen molar-refractivity contribution in [3.8, 4) is 0 Å². The van der Waals surface area contributed by atoms with Gasteiger partial charge in [0.2, 0.25) is 6.43 Å². The van der Waals surface area contributed by atoms with Crippen LogP contribution >= 0.6 is 0 Å². The number of nitrogens with zero attached hydrogens (tertiary/aromatic N) is 5. The van der Waals surface area contributed by atoms with Gasteiger partial charge in [-0.25, -0.2) is 13.8 Å². The highest BCUT2D eigenvalue weighted by atomic mass is 19.3. The Hall–Kier alpha value is -3.03. The van der Waals surface area contributed by atoms with Gasteiger partial charge < -0.3 is 14.2 Å². The van der Waals surface area contributed by atoms with Gasteiger partial charge >= 0.3 is 0 Å². The molecule has 0 aliphatic carbocycles. The summed E-state index contributed by atoms with van der Waals surface area (Å²) in [5.41, 5.74) is 3.83. The van der Waals surface area contributed by atoms with Crippen molar-refractivity contribution in [3.05, 3.63) is 59.8 Å². The molecular weight excluding hydrogens is 376 g/mol. The molecule has 0 saturated carbocycles. The van der Waals surface area contributed by atoms with E-state index in [1.54, 1.807) is 17.2 Å². The zero-order valence-electron chi connectivity index (χ0n) is 15.8. The molecule has 2 aliphatic heterocycles. The fourth-order valence-corrected chi connectivity index (χ4v) is 4.27. The van der Waals surface area contributed by atoms with Crippen molar-refractivity contribution in [2.24, 2.45) is 5.92 Å². The van der Waals surface area contributed by atoms with Crippen molar-refractivity contribution in [3.63, 3.8) is 0 Å². The monoisotopic (exact) mass is 397 g/mol. The molecule has 5 rings (SSSR count). The summed E-state index contributed by atoms with van der Waals surface area (Å²) in [6.45, 7) is 1.81. The smallest absolute Gasteiger partial charge is 0.258 e. The summed E-state index contributed by atoms with van der Waals surface area (Å²) in [7, 11) is 0. The van der Waals surface area contributed by atoms with Crippen LogP contribution < -0.4 is 4.90 Å². The van der Waals surface area contributed by atoms with Crippen molar-refractivity contribution < 1.29 is 13.6 Å². The first-order valence-electron chi connectivity index (χ1n) is 9.83. The molecule has 0 N–H and O–H groups in total. The minimum atomic E-state index is -2.33. The highest BCUT2D eigenvalue weighted by Gasteiger charge is 2.36. The maximum absolute atomic E-state index is 13.1. The maximum atomic E-state index is 13.1. The Morgan fingerprint density at radius 1 is 1.24 bits per heavy atom. The number of hydrogen-bond acceptors (Lipinski definition) is 4. The van der Waals surface area contributed by atoms with Crippen LogP contribution in [0.25, 0.3) is 5.65 Å². The first kappa shape index (κ1) is 18.0. The van der Waals surface area contributed by atoms with Gasteiger partial charge in [-0.2, -0.15) is 0 Å². The molecule has 8 heteroatoms. The average molecular weight is 397 g/mol. The van der Waals surface area contributed by atoms with E-state index in [0.717, 1.165) is 22.7 Å². The van der Waals surface area contributed by atoms with Gasteiger partial charge in [-0.3, -0.25) is 9.78 Å². The van der Waals surface area contributed by atoms with E-state index in [1.807, 2.05) is 39.9 Å². The van der Waals surface area contributed by atoms with E-state index in [0.29, 0.717) is 38.0 Å². The number of imidazole rings is 1. The molecule has 0 spiro atoms. The van der Waals surface area contributed by atoms with Gasteiger partial charge in [0.15, 0.2) is 0 Å². The molecule has 1 fully saturated rings. The molecule has 29 heavy (non-hydrogen) atoms. The highest BCUT2D eigenvalue weighted by Crippen LogP contribution is 2.34. The fourth-order valence-electron chi connectivity index (χ4n) is 4.27. The number of carbonyl (C=O) groups excluding carboxylic acids is 1. The van der Waals surface area contributed by atoms with Crippen molar-refractivity contribution >= 4 is 17.2 Å². The molecule has 3 aromatic rings. The molecule has 0 radical (unpaired) electrons. The van der Waals surface area contributed by atoms with Crippen LogP contribution in [0.4, 0.5) is 14.5 Å². The van der Waals surface area contributed by atoms with Crippen molar-refractivity contribution in [1.29, 1.82) is 0 Å². The standard InChI is InChI=1S/C21H21F2N5O/c22-20(23)14-5-9-26(11-14)17-4-7-24-16-13-28(21(29)19(16)17)10-6-15-12-27-8-2-1-3-18(27)25-15/h1-4,7-8,12,14,20H,5-6,9-11,13H2. The topological polar surface area (TPSA) is 53.7 Å². The molecule has 0 bridgehead atoms. The van der Waals surface area contributed by atoms with Gasteiger partial charge in [-0.15, -0.1) is 0 Å². The van der Waals surface area contributed by atoms with Crippen LogP contribution in [0.1, 0.15) is 28.2 Å². The number of rotatable bonds is 5. The van der Waals surface area contributed by atoms with Crippen LogP contribution in [0.2, 0.25) is 0 Å². The second-order valence-corrected chi connectivity index (χ2v) is 7.66. The summed E-state index contributed by atoms with van der Waals surface area (Å²) in [6.07, 6.45) is 4.35. The molecular formula is C21H21F2N5O. The Balaban J connectivity index is 1.32. The number of amides is 1. The summed E-state index contributed by atoms with van der Waals surface area (Å²) >= 11 is 0. The van der Waals surface area contributed by atoms with Crippen LogP contribution in [0, 0.1) is 5.92 Å². The number of fused-ring (bicyclic) bond motifs is 2. The van der Waals surface area contributed by atoms with E-state index in [9.17, 15) is 13.6 Å². The summed E-state index contributed by atoms with van der Waals surface area (Å²) in [5, 5.41) is 0. The first-order valence-corrected chi connectivity index (χ1v) is 9.83. The number of halogens is 2. The van der Waals surface area contributed by atoms with E-state index < -0.39 is 12.3 Å². The molecule has 1 saturated heterocycles. The zero-order valence-corrected chi connectivity index (χ0v) is 15.8. The van der Waals surface area contributed by atoms with E-state index in [-0.39, 0.29) is 12.5 Å². The normalized spacial score (nSPS) is 19.0. The SMILES string of the molecule is O=C1c2c(N3CCC(C(F)F)C3)ccnc2CN1CCc1cn2ccccc2n1. The summed E-state index contributed by atoms with van der Waals surface area (Å²) in [4.78, 5) is 25.7. The number of hydrogen-bond donors (Lipinski definition) is 0. The predicted molar refractivity (Wildman–Crippen MR) is 104 cm³/mol. The minimum Gasteiger partial charge on any atom is -0.370 e. The second kappa shape index (κ2) is 7.09. The molecule has 3 aromatic heterocycles. The van der Waals surface area contributed by atoms with Crippen molar-refractivity contribution in [2.45, 2.75) is 25.8 Å². The lowest BCUT2D eigenvalue weighted by atomic mass is 10.1. The predicted octanol–water partition coefficient (Wildman–Crippen LogP) is 3.02. The third-order valence-electron chi connectivity index (χ3n) is 5.82. The summed E-state index contributed by atoms with van der Waals surface area (Å²) < 4.78 is 28.1. The van der Waals surface area contributed by atoms with Crippen molar-refractivity contribution in [1.82, 2.24) is 19.3 Å². The fraction of sp³-hybridized carbons (Fsp3) is 0.381. The van der Waals surface area contributed by atoms with Crippen LogP contribution in [0.15, 0.2) is 42.9 Å². The minimum absolute atomic E-state index is 0.0765. The van der Waals surface area contributed by atoms with Gasteiger partial charge in [-0.1, -0.05) is 6.07 Å². The van der Waals surface area contributed by atoms with E-state index in [2.05, 4.69) is 9.97 Å². The van der Waals surface area contributed by atoms with Gasteiger partial charge in [0.1, 0.15) is 5.65 Å². The molecule has 1 amide bonds. The largest absolute Gasteiger partial charge is 0.370 e. The molecule has 0 aromatic carbocycles. The van der Waals surface area contributed by atoms with Gasteiger partial charge in [0.05, 0.1) is 29.2 Å². The third-order valence-corrected chi connectivity index (χ3v) is 5.82. The number of carbonyl (C=O) groups is 1. The summed E-state index contributed by atoms with van der Waals surface area (Å²) in [6, 6.07) is 7.61. The Morgan fingerprint density at radius 2 is 2.14 bits per heavy atom. The first-order chi connectivity index (χ1) is 14.1. The highest BCUT2D eigenvalue weighted by molar-refractivity contribution is 6.03. The Labute approximate surface area is 166 Å². The Kier molecular flexibility index (Phi) is 4.41. The Morgan fingerprint density at radius 3 is 2.93 bits per heavy atom.